The highest BCUT2D eigenvalue weighted by atomic mass is 16.4. The second-order valence-corrected chi connectivity index (χ2v) is 10.1. The zero-order chi connectivity index (χ0) is 17.4. The third kappa shape index (κ3) is 1.80. The summed E-state index contributed by atoms with van der Waals surface area (Å²) in [7, 11) is 0. The summed E-state index contributed by atoms with van der Waals surface area (Å²) in [6.07, 6.45) is 9.45. The Morgan fingerprint density at radius 3 is 2.46 bits per heavy atom. The van der Waals surface area contributed by atoms with Crippen LogP contribution in [0, 0.1) is 33.5 Å². The third-order valence-corrected chi connectivity index (χ3v) is 9.00. The molecule has 0 aromatic rings. The lowest BCUT2D eigenvalue weighted by molar-refractivity contribution is -0.182. The van der Waals surface area contributed by atoms with E-state index in [2.05, 4.69) is 19.0 Å². The molecule has 0 aliphatic heterocycles. The van der Waals surface area contributed by atoms with E-state index in [-0.39, 0.29) is 22.2 Å². The van der Waals surface area contributed by atoms with Crippen LogP contribution in [0.2, 0.25) is 0 Å². The van der Waals surface area contributed by atoms with Crippen molar-refractivity contribution in [2.75, 3.05) is 0 Å². The lowest BCUT2D eigenvalue weighted by Gasteiger charge is -2.63. The second kappa shape index (κ2) is 4.76. The third-order valence-electron chi connectivity index (χ3n) is 9.00. The highest BCUT2D eigenvalue weighted by Gasteiger charge is 2.67. The minimum absolute atomic E-state index is 0.0687. The van der Waals surface area contributed by atoms with Crippen molar-refractivity contribution in [1.82, 2.24) is 0 Å². The first-order valence-electron chi connectivity index (χ1n) is 9.65. The van der Waals surface area contributed by atoms with Gasteiger partial charge in [0.15, 0.2) is 0 Å². The van der Waals surface area contributed by atoms with Gasteiger partial charge in [0.1, 0.15) is 0 Å². The molecule has 6 atom stereocenters. The van der Waals surface area contributed by atoms with Crippen molar-refractivity contribution in [2.24, 2.45) is 38.7 Å². The number of carboxylic acid groups (broad SMARTS) is 1. The Morgan fingerprint density at radius 1 is 1.08 bits per heavy atom. The molecule has 4 rings (SSSR count). The molecule has 2 N–H and O–H groups in total. The Kier molecular flexibility index (Phi) is 3.26. The van der Waals surface area contributed by atoms with Crippen LogP contribution in [0.15, 0.2) is 5.16 Å². The summed E-state index contributed by atoms with van der Waals surface area (Å²) in [5.41, 5.74) is 0.872. The molecule has 2 bridgehead atoms. The van der Waals surface area contributed by atoms with E-state index >= 15 is 0 Å². The van der Waals surface area contributed by atoms with Crippen LogP contribution in [0.1, 0.15) is 78.6 Å². The summed E-state index contributed by atoms with van der Waals surface area (Å²) >= 11 is 0. The van der Waals surface area contributed by atoms with Crippen LogP contribution in [-0.2, 0) is 4.79 Å². The van der Waals surface area contributed by atoms with Gasteiger partial charge < -0.3 is 10.3 Å². The van der Waals surface area contributed by atoms with Gasteiger partial charge in [0.05, 0.1) is 11.1 Å². The van der Waals surface area contributed by atoms with E-state index in [0.29, 0.717) is 5.92 Å². The van der Waals surface area contributed by atoms with Crippen LogP contribution in [0.3, 0.4) is 0 Å². The quantitative estimate of drug-likeness (QED) is 0.539. The number of carbonyl (C=O) groups is 1. The maximum absolute atomic E-state index is 12.1. The van der Waals surface area contributed by atoms with Gasteiger partial charge in [0.2, 0.25) is 0 Å². The smallest absolute Gasteiger partial charge is 0.309 e. The minimum Gasteiger partial charge on any atom is -0.481 e. The molecule has 4 nitrogen and oxygen atoms in total. The van der Waals surface area contributed by atoms with E-state index in [4.69, 9.17) is 0 Å². The maximum atomic E-state index is 12.1. The van der Waals surface area contributed by atoms with E-state index < -0.39 is 11.4 Å². The van der Waals surface area contributed by atoms with Crippen LogP contribution < -0.4 is 0 Å². The van der Waals surface area contributed by atoms with Gasteiger partial charge >= 0.3 is 5.97 Å². The highest BCUT2D eigenvalue weighted by Crippen LogP contribution is 2.73. The monoisotopic (exact) mass is 333 g/mol. The van der Waals surface area contributed by atoms with Gasteiger partial charge in [-0.05, 0) is 81.0 Å². The van der Waals surface area contributed by atoms with Crippen LogP contribution >= 0.6 is 0 Å². The average molecular weight is 333 g/mol. The first kappa shape index (κ1) is 16.4. The Balaban J connectivity index is 1.75. The molecule has 4 aliphatic rings. The predicted molar refractivity (Wildman–Crippen MR) is 92.1 cm³/mol. The fourth-order valence-electron chi connectivity index (χ4n) is 7.94. The molecule has 0 radical (unpaired) electrons. The molecule has 134 valence electrons. The molecule has 0 aromatic carbocycles. The van der Waals surface area contributed by atoms with Gasteiger partial charge in [-0.1, -0.05) is 25.4 Å². The van der Waals surface area contributed by atoms with Gasteiger partial charge in [0.25, 0.3) is 0 Å². The number of nitrogens with zero attached hydrogens (tertiary/aromatic N) is 1. The highest BCUT2D eigenvalue weighted by molar-refractivity contribution is 5.92. The molecule has 4 fully saturated rings. The van der Waals surface area contributed by atoms with Gasteiger partial charge in [-0.15, -0.1) is 0 Å². The number of oxime groups is 1. The first-order valence-corrected chi connectivity index (χ1v) is 9.65. The largest absolute Gasteiger partial charge is 0.481 e. The van der Waals surface area contributed by atoms with Crippen molar-refractivity contribution in [3.63, 3.8) is 0 Å². The fraction of sp³-hybridized carbons (Fsp3) is 0.900. The topological polar surface area (TPSA) is 69.9 Å². The molecular formula is C20H31NO3. The molecule has 4 heteroatoms. The Hall–Kier alpha value is -1.06. The van der Waals surface area contributed by atoms with Crippen molar-refractivity contribution in [3.8, 4) is 0 Å². The van der Waals surface area contributed by atoms with Gasteiger partial charge in [0, 0.05) is 5.41 Å². The summed E-state index contributed by atoms with van der Waals surface area (Å²) in [5.74, 6) is 0.264. The normalized spacial score (nSPS) is 55.0. The first-order chi connectivity index (χ1) is 11.2. The standard InChI is InChI=1S/C20H31NO3/c1-17-9-5-14-18(2)7-4-8-19(3,16(22)23)13(18)6-10-20(14,12-17)11-15(17)21-24/h13-14,24H,4-12H2,1-3H3,(H,22,23)/b21-15+/t13?,14?,17-,18+,19+,20-/m0/s1. The minimum atomic E-state index is -0.598. The number of fused-ring (bicyclic) bond motifs is 3. The predicted octanol–water partition coefficient (Wildman–Crippen LogP) is 4.70. The molecule has 24 heavy (non-hydrogen) atoms. The zero-order valence-corrected chi connectivity index (χ0v) is 15.3. The van der Waals surface area contributed by atoms with Gasteiger partial charge in [-0.25, -0.2) is 0 Å². The van der Waals surface area contributed by atoms with E-state index in [9.17, 15) is 15.1 Å². The lowest BCUT2D eigenvalue weighted by Crippen LogP contribution is -2.58. The summed E-state index contributed by atoms with van der Waals surface area (Å²) in [6, 6.07) is 0. The number of hydrogen-bond acceptors (Lipinski definition) is 3. The van der Waals surface area contributed by atoms with E-state index in [1.807, 2.05) is 6.92 Å². The van der Waals surface area contributed by atoms with Crippen LogP contribution in [-0.4, -0.2) is 22.0 Å². The average Bonchev–Trinajstić information content (AvgIpc) is 2.72. The van der Waals surface area contributed by atoms with Crippen LogP contribution in [0.4, 0.5) is 0 Å². The number of carboxylic acids is 1. The number of aliphatic carboxylic acids is 1. The maximum Gasteiger partial charge on any atom is 0.309 e. The number of rotatable bonds is 1. The molecule has 0 heterocycles. The van der Waals surface area contributed by atoms with Crippen molar-refractivity contribution >= 4 is 11.7 Å². The Morgan fingerprint density at radius 2 is 1.79 bits per heavy atom. The molecule has 0 saturated heterocycles. The van der Waals surface area contributed by atoms with Gasteiger partial charge in [-0.3, -0.25) is 4.79 Å². The van der Waals surface area contributed by atoms with Gasteiger partial charge in [-0.2, -0.15) is 0 Å². The fourth-order valence-corrected chi connectivity index (χ4v) is 7.94. The van der Waals surface area contributed by atoms with Crippen molar-refractivity contribution in [3.05, 3.63) is 0 Å². The van der Waals surface area contributed by atoms with Crippen molar-refractivity contribution < 1.29 is 15.1 Å². The van der Waals surface area contributed by atoms with E-state index in [0.717, 1.165) is 63.5 Å². The Labute approximate surface area is 144 Å². The lowest BCUT2D eigenvalue weighted by atomic mass is 9.40. The molecule has 2 unspecified atom stereocenters. The van der Waals surface area contributed by atoms with Crippen LogP contribution in [0.25, 0.3) is 0 Å². The Bertz CT molecular complexity index is 616. The summed E-state index contributed by atoms with van der Waals surface area (Å²) in [4.78, 5) is 12.1. The summed E-state index contributed by atoms with van der Waals surface area (Å²) in [5, 5.41) is 23.2. The van der Waals surface area contributed by atoms with E-state index in [1.165, 1.54) is 0 Å². The zero-order valence-electron chi connectivity index (χ0n) is 15.3. The summed E-state index contributed by atoms with van der Waals surface area (Å²) < 4.78 is 0. The van der Waals surface area contributed by atoms with E-state index in [1.54, 1.807) is 0 Å². The van der Waals surface area contributed by atoms with Crippen molar-refractivity contribution in [2.45, 2.75) is 78.6 Å². The molecule has 4 saturated carbocycles. The molecule has 0 aromatic heterocycles. The van der Waals surface area contributed by atoms with Crippen molar-refractivity contribution in [1.29, 1.82) is 0 Å². The molecule has 0 amide bonds. The molecule has 1 spiro atoms. The number of hydrogen-bond donors (Lipinski definition) is 2. The molecule has 4 aliphatic carbocycles. The second-order valence-electron chi connectivity index (χ2n) is 10.1. The van der Waals surface area contributed by atoms with Crippen LogP contribution in [0.5, 0.6) is 0 Å². The SMILES string of the molecule is C[C@@]12CCC3[C@@](CCC4[C@@]3(C)CCC[C@@]4(C)C(=O)O)(C/C1=N\O)C2. The molecular weight excluding hydrogens is 302 g/mol. The summed E-state index contributed by atoms with van der Waals surface area (Å²) in [6.45, 7) is 6.65.